The fraction of sp³-hybridized carbons (Fsp3) is 0.429. The van der Waals surface area contributed by atoms with Crippen molar-refractivity contribution in [3.8, 4) is 0 Å². The lowest BCUT2D eigenvalue weighted by atomic mass is 10.4. The number of amides is 1. The van der Waals surface area contributed by atoms with E-state index in [1.54, 1.807) is 14.0 Å². The third-order valence-electron chi connectivity index (χ3n) is 1.45. The monoisotopic (exact) mass is 185 g/mol. The van der Waals surface area contributed by atoms with Crippen molar-refractivity contribution in [3.05, 3.63) is 15.6 Å². The highest BCUT2D eigenvalue weighted by Gasteiger charge is 2.12. The maximum absolute atomic E-state index is 11.2. The maximum atomic E-state index is 11.2. The van der Waals surface area contributed by atoms with E-state index in [2.05, 4.69) is 10.3 Å². The van der Waals surface area contributed by atoms with Crippen molar-refractivity contribution in [2.24, 2.45) is 5.73 Å². The number of rotatable bonds is 2. The third-order valence-corrected chi connectivity index (χ3v) is 2.63. The Bertz CT molecular complexity index is 295. The molecule has 1 heterocycles. The zero-order valence-corrected chi connectivity index (χ0v) is 7.86. The van der Waals surface area contributed by atoms with Gasteiger partial charge in [0.15, 0.2) is 0 Å². The molecule has 66 valence electrons. The minimum Gasteiger partial charge on any atom is -0.354 e. The standard InChI is InChI=1S/C7H11N3OS/c1-4-6(7(11)9-2)12-5(3-8)10-4/h3,8H2,1-2H3,(H,9,11). The molecule has 3 N–H and O–H groups in total. The first kappa shape index (κ1) is 9.15. The van der Waals surface area contributed by atoms with Crippen molar-refractivity contribution < 1.29 is 4.79 Å². The Hall–Kier alpha value is -0.940. The van der Waals surface area contributed by atoms with E-state index in [1.165, 1.54) is 11.3 Å². The first-order valence-corrected chi connectivity index (χ1v) is 4.39. The van der Waals surface area contributed by atoms with Crippen molar-refractivity contribution in [1.82, 2.24) is 10.3 Å². The zero-order valence-electron chi connectivity index (χ0n) is 7.05. The number of hydrogen-bond donors (Lipinski definition) is 2. The van der Waals surface area contributed by atoms with Crippen molar-refractivity contribution in [1.29, 1.82) is 0 Å². The topological polar surface area (TPSA) is 68.0 Å². The molecule has 0 saturated carbocycles. The fourth-order valence-corrected chi connectivity index (χ4v) is 1.75. The van der Waals surface area contributed by atoms with Crippen molar-refractivity contribution in [3.63, 3.8) is 0 Å². The second-order valence-electron chi connectivity index (χ2n) is 2.31. The highest BCUT2D eigenvalue weighted by atomic mass is 32.1. The first-order valence-electron chi connectivity index (χ1n) is 3.57. The van der Waals surface area contributed by atoms with Crippen molar-refractivity contribution >= 4 is 17.2 Å². The molecule has 0 spiro atoms. The van der Waals surface area contributed by atoms with Crippen LogP contribution in [0.4, 0.5) is 0 Å². The lowest BCUT2D eigenvalue weighted by molar-refractivity contribution is 0.0966. The lowest BCUT2D eigenvalue weighted by Gasteiger charge is -1.93. The van der Waals surface area contributed by atoms with Crippen LogP contribution in [0.15, 0.2) is 0 Å². The normalized spacial score (nSPS) is 9.92. The van der Waals surface area contributed by atoms with Gasteiger partial charge >= 0.3 is 0 Å². The Morgan fingerprint density at radius 3 is 2.83 bits per heavy atom. The number of aromatic nitrogens is 1. The molecule has 1 aromatic heterocycles. The third kappa shape index (κ3) is 1.62. The molecule has 0 bridgehead atoms. The highest BCUT2D eigenvalue weighted by Crippen LogP contribution is 2.16. The second kappa shape index (κ2) is 3.64. The van der Waals surface area contributed by atoms with Gasteiger partial charge in [0, 0.05) is 13.6 Å². The van der Waals surface area contributed by atoms with Gasteiger partial charge in [0.1, 0.15) is 9.88 Å². The van der Waals surface area contributed by atoms with E-state index >= 15 is 0 Å². The maximum Gasteiger partial charge on any atom is 0.263 e. The van der Waals surface area contributed by atoms with Gasteiger partial charge in [0.2, 0.25) is 0 Å². The van der Waals surface area contributed by atoms with E-state index in [0.717, 1.165) is 10.7 Å². The Kier molecular flexibility index (Phi) is 2.78. The summed E-state index contributed by atoms with van der Waals surface area (Å²) in [7, 11) is 1.60. The van der Waals surface area contributed by atoms with E-state index in [0.29, 0.717) is 11.4 Å². The van der Waals surface area contributed by atoms with Gasteiger partial charge in [-0.25, -0.2) is 4.98 Å². The number of nitrogens with two attached hydrogens (primary N) is 1. The van der Waals surface area contributed by atoms with E-state index < -0.39 is 0 Å². The molecule has 0 aromatic carbocycles. The molecular weight excluding hydrogens is 174 g/mol. The Balaban J connectivity index is 2.99. The van der Waals surface area contributed by atoms with Crippen LogP contribution >= 0.6 is 11.3 Å². The van der Waals surface area contributed by atoms with Gasteiger partial charge in [-0.05, 0) is 6.92 Å². The summed E-state index contributed by atoms with van der Waals surface area (Å²) >= 11 is 1.34. The first-order chi connectivity index (χ1) is 5.69. The molecule has 0 aliphatic heterocycles. The van der Waals surface area contributed by atoms with Crippen LogP contribution in [-0.2, 0) is 6.54 Å². The number of aryl methyl sites for hydroxylation is 1. The van der Waals surface area contributed by atoms with Gasteiger partial charge in [-0.3, -0.25) is 4.79 Å². The van der Waals surface area contributed by atoms with Gasteiger partial charge in [0.25, 0.3) is 5.91 Å². The molecule has 4 nitrogen and oxygen atoms in total. The molecule has 0 radical (unpaired) electrons. The molecule has 12 heavy (non-hydrogen) atoms. The van der Waals surface area contributed by atoms with Gasteiger partial charge < -0.3 is 11.1 Å². The van der Waals surface area contributed by atoms with Crippen LogP contribution in [0.5, 0.6) is 0 Å². The highest BCUT2D eigenvalue weighted by molar-refractivity contribution is 7.13. The Morgan fingerprint density at radius 2 is 2.42 bits per heavy atom. The van der Waals surface area contributed by atoms with Gasteiger partial charge in [-0.15, -0.1) is 11.3 Å². The minimum atomic E-state index is -0.0929. The molecule has 5 heteroatoms. The SMILES string of the molecule is CNC(=O)c1sc(CN)nc1C. The predicted molar refractivity (Wildman–Crippen MR) is 48.1 cm³/mol. The van der Waals surface area contributed by atoms with E-state index in [4.69, 9.17) is 5.73 Å². The van der Waals surface area contributed by atoms with Crippen LogP contribution in [-0.4, -0.2) is 17.9 Å². The summed E-state index contributed by atoms with van der Waals surface area (Å²) < 4.78 is 0. The Labute approximate surface area is 74.8 Å². The van der Waals surface area contributed by atoms with Crippen LogP contribution < -0.4 is 11.1 Å². The number of nitrogens with zero attached hydrogens (tertiary/aromatic N) is 1. The van der Waals surface area contributed by atoms with Crippen molar-refractivity contribution in [2.45, 2.75) is 13.5 Å². The summed E-state index contributed by atoms with van der Waals surface area (Å²) in [5, 5.41) is 3.35. The average Bonchev–Trinajstić information content (AvgIpc) is 2.45. The van der Waals surface area contributed by atoms with Gasteiger partial charge in [0.05, 0.1) is 5.69 Å². The summed E-state index contributed by atoms with van der Waals surface area (Å²) in [6, 6.07) is 0. The molecule has 1 rings (SSSR count). The minimum absolute atomic E-state index is 0.0929. The van der Waals surface area contributed by atoms with E-state index in [1.807, 2.05) is 0 Å². The number of nitrogens with one attached hydrogen (secondary N) is 1. The summed E-state index contributed by atoms with van der Waals surface area (Å²) in [6.45, 7) is 2.20. The Morgan fingerprint density at radius 1 is 1.75 bits per heavy atom. The summed E-state index contributed by atoms with van der Waals surface area (Å²) in [5.41, 5.74) is 6.14. The zero-order chi connectivity index (χ0) is 9.14. The molecule has 0 aliphatic rings. The number of thiazole rings is 1. The quantitative estimate of drug-likeness (QED) is 0.695. The second-order valence-corrected chi connectivity index (χ2v) is 3.39. The molecular formula is C7H11N3OS. The molecule has 0 saturated heterocycles. The van der Waals surface area contributed by atoms with Crippen LogP contribution in [0.25, 0.3) is 0 Å². The van der Waals surface area contributed by atoms with E-state index in [9.17, 15) is 4.79 Å². The molecule has 0 aliphatic carbocycles. The summed E-state index contributed by atoms with van der Waals surface area (Å²) in [4.78, 5) is 16.0. The van der Waals surface area contributed by atoms with Crippen LogP contribution in [0.3, 0.4) is 0 Å². The number of carbonyl (C=O) groups is 1. The number of hydrogen-bond acceptors (Lipinski definition) is 4. The largest absolute Gasteiger partial charge is 0.354 e. The molecule has 1 aromatic rings. The van der Waals surface area contributed by atoms with Crippen LogP contribution in [0.2, 0.25) is 0 Å². The average molecular weight is 185 g/mol. The molecule has 1 amide bonds. The molecule has 0 fully saturated rings. The summed E-state index contributed by atoms with van der Waals surface area (Å²) in [5.74, 6) is -0.0929. The summed E-state index contributed by atoms with van der Waals surface area (Å²) in [6.07, 6.45) is 0. The molecule has 0 unspecified atom stereocenters. The van der Waals surface area contributed by atoms with Crippen molar-refractivity contribution in [2.75, 3.05) is 7.05 Å². The van der Waals surface area contributed by atoms with Gasteiger partial charge in [-0.2, -0.15) is 0 Å². The van der Waals surface area contributed by atoms with E-state index in [-0.39, 0.29) is 5.91 Å². The van der Waals surface area contributed by atoms with Crippen LogP contribution in [0.1, 0.15) is 20.4 Å². The lowest BCUT2D eigenvalue weighted by Crippen LogP contribution is -2.17. The number of carbonyl (C=O) groups excluding carboxylic acids is 1. The van der Waals surface area contributed by atoms with Gasteiger partial charge in [-0.1, -0.05) is 0 Å². The smallest absolute Gasteiger partial charge is 0.263 e. The fourth-order valence-electron chi connectivity index (χ4n) is 0.864. The molecule has 0 atom stereocenters. The predicted octanol–water partition coefficient (Wildman–Crippen LogP) is 0.270. The van der Waals surface area contributed by atoms with Crippen LogP contribution in [0, 0.1) is 6.92 Å².